The average molecular weight is 343 g/mol. The molecule has 1 heterocycles. The molecule has 0 spiro atoms. The van der Waals surface area contributed by atoms with Crippen molar-refractivity contribution in [1.82, 2.24) is 9.97 Å². The van der Waals surface area contributed by atoms with Crippen molar-refractivity contribution in [3.05, 3.63) is 56.8 Å². The van der Waals surface area contributed by atoms with Gasteiger partial charge < -0.3 is 15.4 Å². The number of amides is 1. The first-order chi connectivity index (χ1) is 11.5. The number of benzene rings is 1. The van der Waals surface area contributed by atoms with E-state index in [0.717, 1.165) is 0 Å². The Balaban J connectivity index is 2.35. The monoisotopic (exact) mass is 343 g/mol. The fraction of sp³-hybridized carbons (Fsp3) is 0.333. The van der Waals surface area contributed by atoms with Crippen LogP contribution in [-0.2, 0) is 5.41 Å². The van der Waals surface area contributed by atoms with E-state index in [1.165, 1.54) is 12.1 Å². The molecule has 0 fully saturated rings. The normalized spacial score (nSPS) is 11.2. The second kappa shape index (κ2) is 6.51. The molecule has 1 aromatic heterocycles. The first kappa shape index (κ1) is 18.4. The molecule has 0 saturated heterocycles. The van der Waals surface area contributed by atoms with Crippen LogP contribution in [0.4, 0.5) is 5.69 Å². The maximum absolute atomic E-state index is 12.5. The molecule has 7 heteroatoms. The van der Waals surface area contributed by atoms with Gasteiger partial charge in [-0.25, -0.2) is 9.78 Å². The molecule has 0 atom stereocenters. The summed E-state index contributed by atoms with van der Waals surface area (Å²) >= 11 is 0. The zero-order valence-electron chi connectivity index (χ0n) is 14.9. The van der Waals surface area contributed by atoms with Crippen LogP contribution in [0.5, 0.6) is 0 Å². The Labute approximate surface area is 145 Å². The highest BCUT2D eigenvalue weighted by molar-refractivity contribution is 6.05. The zero-order chi connectivity index (χ0) is 18.9. The third-order valence-corrected chi connectivity index (χ3v) is 3.75. The van der Waals surface area contributed by atoms with Crippen molar-refractivity contribution >= 4 is 17.6 Å². The highest BCUT2D eigenvalue weighted by atomic mass is 16.4. The molecule has 0 bridgehead atoms. The minimum Gasteiger partial charge on any atom is -0.478 e. The van der Waals surface area contributed by atoms with Crippen LogP contribution in [0.15, 0.2) is 23.0 Å². The summed E-state index contributed by atoms with van der Waals surface area (Å²) in [5.74, 6) is -1.12. The lowest BCUT2D eigenvalue weighted by Crippen LogP contribution is -2.30. The Morgan fingerprint density at radius 3 is 2.32 bits per heavy atom. The van der Waals surface area contributed by atoms with E-state index in [1.54, 1.807) is 19.9 Å². The number of rotatable bonds is 3. The van der Waals surface area contributed by atoms with Crippen LogP contribution in [-0.4, -0.2) is 27.0 Å². The van der Waals surface area contributed by atoms with E-state index in [9.17, 15) is 14.4 Å². The number of carbonyl (C=O) groups excluding carboxylic acids is 1. The summed E-state index contributed by atoms with van der Waals surface area (Å²) in [6.07, 6.45) is 0. The van der Waals surface area contributed by atoms with E-state index >= 15 is 0 Å². The molecular formula is C18H21N3O4. The molecule has 3 N–H and O–H groups in total. The van der Waals surface area contributed by atoms with Crippen LogP contribution in [0.3, 0.4) is 0 Å². The Kier molecular flexibility index (Phi) is 4.78. The standard InChI is InChI=1S/C18H21N3O4/c1-9-8-11(6-7-12(9)16(24)25)20-14(22)13-10(2)19-17(18(3,4)5)21-15(13)23/h6-8H,1-5H3,(H,20,22)(H,24,25)(H,19,21,23). The number of aromatic amines is 1. The highest BCUT2D eigenvalue weighted by Crippen LogP contribution is 2.19. The molecule has 0 unspecified atom stereocenters. The summed E-state index contributed by atoms with van der Waals surface area (Å²) < 4.78 is 0. The minimum absolute atomic E-state index is 0.0621. The van der Waals surface area contributed by atoms with Gasteiger partial charge in [0.05, 0.1) is 11.3 Å². The number of aromatic carboxylic acids is 1. The first-order valence-electron chi connectivity index (χ1n) is 7.77. The van der Waals surface area contributed by atoms with Gasteiger partial charge in [-0.1, -0.05) is 20.8 Å². The Morgan fingerprint density at radius 1 is 1.20 bits per heavy atom. The van der Waals surface area contributed by atoms with Crippen molar-refractivity contribution in [1.29, 1.82) is 0 Å². The van der Waals surface area contributed by atoms with E-state index < -0.39 is 17.4 Å². The van der Waals surface area contributed by atoms with Crippen molar-refractivity contribution in [2.24, 2.45) is 0 Å². The Bertz CT molecular complexity index is 908. The fourth-order valence-electron chi connectivity index (χ4n) is 2.38. The van der Waals surface area contributed by atoms with Gasteiger partial charge in [-0.15, -0.1) is 0 Å². The number of aryl methyl sites for hydroxylation is 2. The smallest absolute Gasteiger partial charge is 0.335 e. The Hall–Kier alpha value is -2.96. The average Bonchev–Trinajstić information content (AvgIpc) is 2.45. The maximum Gasteiger partial charge on any atom is 0.335 e. The van der Waals surface area contributed by atoms with Crippen LogP contribution in [0, 0.1) is 13.8 Å². The molecule has 132 valence electrons. The third-order valence-electron chi connectivity index (χ3n) is 3.75. The molecular weight excluding hydrogens is 322 g/mol. The largest absolute Gasteiger partial charge is 0.478 e. The summed E-state index contributed by atoms with van der Waals surface area (Å²) in [5.41, 5.74) is 0.501. The quantitative estimate of drug-likeness (QED) is 0.793. The van der Waals surface area contributed by atoms with Gasteiger partial charge in [0, 0.05) is 11.1 Å². The van der Waals surface area contributed by atoms with Crippen molar-refractivity contribution < 1.29 is 14.7 Å². The zero-order valence-corrected chi connectivity index (χ0v) is 14.9. The molecule has 0 saturated carbocycles. The van der Waals surface area contributed by atoms with Crippen LogP contribution in [0.1, 0.15) is 58.6 Å². The molecule has 7 nitrogen and oxygen atoms in total. The van der Waals surface area contributed by atoms with Gasteiger partial charge >= 0.3 is 5.97 Å². The van der Waals surface area contributed by atoms with E-state index in [2.05, 4.69) is 15.3 Å². The van der Waals surface area contributed by atoms with Crippen molar-refractivity contribution in [2.45, 2.75) is 40.0 Å². The Morgan fingerprint density at radius 2 is 1.84 bits per heavy atom. The van der Waals surface area contributed by atoms with Gasteiger partial charge in [-0.2, -0.15) is 0 Å². The van der Waals surface area contributed by atoms with Gasteiger partial charge in [-0.3, -0.25) is 9.59 Å². The van der Waals surface area contributed by atoms with Crippen LogP contribution < -0.4 is 10.9 Å². The topological polar surface area (TPSA) is 112 Å². The first-order valence-corrected chi connectivity index (χ1v) is 7.77. The van der Waals surface area contributed by atoms with Gasteiger partial charge in [0.25, 0.3) is 11.5 Å². The fourth-order valence-corrected chi connectivity index (χ4v) is 2.38. The number of carboxylic acid groups (broad SMARTS) is 1. The molecule has 0 aliphatic rings. The summed E-state index contributed by atoms with van der Waals surface area (Å²) in [4.78, 5) is 42.8. The van der Waals surface area contributed by atoms with Gasteiger partial charge in [0.15, 0.2) is 0 Å². The number of hydrogen-bond acceptors (Lipinski definition) is 4. The number of carbonyl (C=O) groups is 2. The predicted molar refractivity (Wildman–Crippen MR) is 94.4 cm³/mol. The van der Waals surface area contributed by atoms with Crippen molar-refractivity contribution in [3.8, 4) is 0 Å². The molecule has 0 aliphatic carbocycles. The van der Waals surface area contributed by atoms with Crippen molar-refractivity contribution in [3.63, 3.8) is 0 Å². The van der Waals surface area contributed by atoms with Crippen LogP contribution in [0.25, 0.3) is 0 Å². The lowest BCUT2D eigenvalue weighted by atomic mass is 9.95. The van der Waals surface area contributed by atoms with Crippen molar-refractivity contribution in [2.75, 3.05) is 5.32 Å². The number of nitrogens with one attached hydrogen (secondary N) is 2. The highest BCUT2D eigenvalue weighted by Gasteiger charge is 2.22. The van der Waals surface area contributed by atoms with Gasteiger partial charge in [0.1, 0.15) is 11.4 Å². The van der Waals surface area contributed by atoms with E-state index in [-0.39, 0.29) is 16.5 Å². The number of anilines is 1. The SMILES string of the molecule is Cc1cc(NC(=O)c2c(C)nc(C(C)(C)C)[nH]c2=O)ccc1C(=O)O. The van der Waals surface area contributed by atoms with Crippen LogP contribution >= 0.6 is 0 Å². The van der Waals surface area contributed by atoms with E-state index in [4.69, 9.17) is 5.11 Å². The summed E-state index contributed by atoms with van der Waals surface area (Å²) in [5, 5.41) is 11.7. The number of carboxylic acids is 1. The predicted octanol–water partition coefficient (Wildman–Crippen LogP) is 2.63. The second-order valence-corrected chi connectivity index (χ2v) is 6.91. The van der Waals surface area contributed by atoms with E-state index in [0.29, 0.717) is 22.8 Å². The number of hydrogen-bond donors (Lipinski definition) is 3. The minimum atomic E-state index is -1.04. The van der Waals surface area contributed by atoms with Gasteiger partial charge in [0.2, 0.25) is 0 Å². The molecule has 1 amide bonds. The summed E-state index contributed by atoms with van der Waals surface area (Å²) in [7, 11) is 0. The number of nitrogens with zero attached hydrogens (tertiary/aromatic N) is 1. The lowest BCUT2D eigenvalue weighted by molar-refractivity contribution is 0.0696. The molecule has 0 radical (unpaired) electrons. The summed E-state index contributed by atoms with van der Waals surface area (Å²) in [6, 6.07) is 4.43. The molecule has 2 aromatic rings. The lowest BCUT2D eigenvalue weighted by Gasteiger charge is -2.18. The number of aromatic nitrogens is 2. The van der Waals surface area contributed by atoms with Crippen LogP contribution in [0.2, 0.25) is 0 Å². The molecule has 25 heavy (non-hydrogen) atoms. The molecule has 1 aromatic carbocycles. The summed E-state index contributed by atoms with van der Waals surface area (Å²) in [6.45, 7) is 8.99. The van der Waals surface area contributed by atoms with Gasteiger partial charge in [-0.05, 0) is 37.6 Å². The molecule has 2 rings (SSSR count). The maximum atomic E-state index is 12.5. The third kappa shape index (κ3) is 3.93. The second-order valence-electron chi connectivity index (χ2n) is 6.91. The molecule has 0 aliphatic heterocycles. The number of H-pyrrole nitrogens is 1. The van der Waals surface area contributed by atoms with E-state index in [1.807, 2.05) is 20.8 Å².